The molecule has 3 nitrogen and oxygen atoms in total. The smallest absolute Gasteiger partial charge is 0.146 e. The average molecular weight is 325 g/mol. The van der Waals surface area contributed by atoms with E-state index in [0.29, 0.717) is 0 Å². The van der Waals surface area contributed by atoms with Crippen LogP contribution in [0.4, 0.5) is 0 Å². The van der Waals surface area contributed by atoms with Gasteiger partial charge >= 0.3 is 0 Å². The number of pyridine rings is 1. The summed E-state index contributed by atoms with van der Waals surface area (Å²) in [5.74, 6) is 0.789. The van der Waals surface area contributed by atoms with E-state index < -0.39 is 5.22 Å². The van der Waals surface area contributed by atoms with Crippen LogP contribution in [0.25, 0.3) is 10.9 Å². The molecule has 0 fully saturated rings. The zero-order chi connectivity index (χ0) is 15.4. The number of fused-ring (bicyclic) bond motifs is 1. The van der Waals surface area contributed by atoms with E-state index in [1.54, 1.807) is 17.5 Å². The molecule has 1 atom stereocenters. The van der Waals surface area contributed by atoms with Gasteiger partial charge in [-0.25, -0.2) is 0 Å². The molecular formula is C17H17N2OSSi. The first-order chi connectivity index (χ1) is 10.7. The van der Waals surface area contributed by atoms with Crippen LogP contribution in [0.1, 0.15) is 11.3 Å². The zero-order valence-corrected chi connectivity index (χ0v) is 14.2. The van der Waals surface area contributed by atoms with Crippen molar-refractivity contribution in [3.05, 3.63) is 58.9 Å². The number of thiophene rings is 1. The average Bonchev–Trinajstić information content (AvgIpc) is 3.09. The molecular weight excluding hydrogens is 308 g/mol. The second-order valence-corrected chi connectivity index (χ2v) is 6.85. The van der Waals surface area contributed by atoms with Crippen molar-refractivity contribution in [3.63, 3.8) is 0 Å². The molecule has 1 aromatic carbocycles. The van der Waals surface area contributed by atoms with Crippen LogP contribution < -0.4 is 10.1 Å². The third kappa shape index (κ3) is 3.06. The fourth-order valence-electron chi connectivity index (χ4n) is 2.38. The maximum Gasteiger partial charge on any atom is 0.146 e. The standard InChI is InChI=1S/C17H17N2OSSi/c1-18-11-9-17(22,15-8-4-12-21-15)20-14-7-2-5-13-6-3-10-19-16(13)14/h2-8,10,12,18H,9,11H2,1H3. The summed E-state index contributed by atoms with van der Waals surface area (Å²) in [5, 5.41) is 5.77. The molecule has 111 valence electrons. The Morgan fingerprint density at radius 1 is 1.23 bits per heavy atom. The van der Waals surface area contributed by atoms with Crippen molar-refractivity contribution in [2.24, 2.45) is 0 Å². The number of ether oxygens (including phenoxy) is 1. The fraction of sp³-hybridized carbons (Fsp3) is 0.235. The van der Waals surface area contributed by atoms with E-state index in [4.69, 9.17) is 4.74 Å². The van der Waals surface area contributed by atoms with Gasteiger partial charge in [0, 0.05) is 22.9 Å². The molecule has 1 N–H and O–H groups in total. The molecule has 0 aliphatic carbocycles. The Balaban J connectivity index is 1.99. The molecule has 0 aliphatic heterocycles. The lowest BCUT2D eigenvalue weighted by Gasteiger charge is -2.30. The van der Waals surface area contributed by atoms with E-state index in [1.807, 2.05) is 43.4 Å². The molecule has 0 spiro atoms. The van der Waals surface area contributed by atoms with Crippen LogP contribution in [0.5, 0.6) is 5.75 Å². The van der Waals surface area contributed by atoms with Crippen LogP contribution in [0.2, 0.25) is 0 Å². The highest BCUT2D eigenvalue weighted by Crippen LogP contribution is 2.34. The van der Waals surface area contributed by atoms with E-state index in [1.165, 1.54) is 0 Å². The van der Waals surface area contributed by atoms with Crippen LogP contribution in [0.3, 0.4) is 0 Å². The minimum absolute atomic E-state index is 0.553. The first-order valence-electron chi connectivity index (χ1n) is 7.19. The largest absolute Gasteiger partial charge is 0.484 e. The van der Waals surface area contributed by atoms with Crippen molar-refractivity contribution >= 4 is 32.5 Å². The second-order valence-electron chi connectivity index (χ2n) is 5.09. The van der Waals surface area contributed by atoms with Gasteiger partial charge in [0.1, 0.15) is 16.5 Å². The lowest BCUT2D eigenvalue weighted by Crippen LogP contribution is -2.36. The number of para-hydroxylation sites is 1. The minimum atomic E-state index is -0.553. The van der Waals surface area contributed by atoms with Crippen molar-refractivity contribution < 1.29 is 4.74 Å². The molecule has 0 saturated heterocycles. The molecule has 0 aliphatic rings. The van der Waals surface area contributed by atoms with Crippen molar-refractivity contribution in [3.8, 4) is 5.75 Å². The Bertz CT molecular complexity index is 742. The first kappa shape index (κ1) is 15.2. The number of rotatable bonds is 6. The normalized spacial score (nSPS) is 13.9. The van der Waals surface area contributed by atoms with Crippen LogP contribution in [-0.2, 0) is 5.22 Å². The summed E-state index contributed by atoms with van der Waals surface area (Å²) < 4.78 is 6.38. The van der Waals surface area contributed by atoms with Crippen LogP contribution in [-0.4, -0.2) is 28.8 Å². The quantitative estimate of drug-likeness (QED) is 0.706. The van der Waals surface area contributed by atoms with E-state index in [0.717, 1.165) is 34.5 Å². The Morgan fingerprint density at radius 2 is 2.09 bits per heavy atom. The van der Waals surface area contributed by atoms with Crippen LogP contribution in [0.15, 0.2) is 54.0 Å². The van der Waals surface area contributed by atoms with E-state index >= 15 is 0 Å². The van der Waals surface area contributed by atoms with E-state index in [-0.39, 0.29) is 0 Å². The molecule has 0 saturated carbocycles. The van der Waals surface area contributed by atoms with Crippen molar-refractivity contribution in [1.82, 2.24) is 10.3 Å². The van der Waals surface area contributed by atoms with Crippen LogP contribution in [0, 0.1) is 0 Å². The number of benzene rings is 1. The van der Waals surface area contributed by atoms with Crippen molar-refractivity contribution in [2.45, 2.75) is 11.6 Å². The molecule has 3 aromatic rings. The Morgan fingerprint density at radius 3 is 2.86 bits per heavy atom. The highest BCUT2D eigenvalue weighted by Gasteiger charge is 2.30. The Hall–Kier alpha value is -1.69. The number of nitrogens with one attached hydrogen (secondary N) is 1. The van der Waals surface area contributed by atoms with Gasteiger partial charge in [-0.05, 0) is 37.2 Å². The third-order valence-electron chi connectivity index (χ3n) is 3.53. The molecule has 0 amide bonds. The molecule has 5 heteroatoms. The van der Waals surface area contributed by atoms with Gasteiger partial charge in [-0.3, -0.25) is 4.98 Å². The molecule has 3 radical (unpaired) electrons. The van der Waals surface area contributed by atoms with Crippen molar-refractivity contribution in [2.75, 3.05) is 13.6 Å². The van der Waals surface area contributed by atoms with Crippen LogP contribution >= 0.6 is 11.3 Å². The number of nitrogens with zero attached hydrogens (tertiary/aromatic N) is 1. The first-order valence-corrected chi connectivity index (χ1v) is 8.57. The van der Waals surface area contributed by atoms with Gasteiger partial charge < -0.3 is 10.1 Å². The summed E-state index contributed by atoms with van der Waals surface area (Å²) in [6, 6.07) is 14.1. The molecule has 2 aromatic heterocycles. The highest BCUT2D eigenvalue weighted by atomic mass is 32.1. The van der Waals surface area contributed by atoms with Gasteiger partial charge in [-0.15, -0.1) is 11.3 Å². The summed E-state index contributed by atoms with van der Waals surface area (Å²) in [5.41, 5.74) is 0.883. The summed E-state index contributed by atoms with van der Waals surface area (Å²) >= 11 is 1.68. The monoisotopic (exact) mass is 325 g/mol. The predicted octanol–water partition coefficient (Wildman–Crippen LogP) is 3.31. The van der Waals surface area contributed by atoms with Gasteiger partial charge in [0.2, 0.25) is 0 Å². The van der Waals surface area contributed by atoms with Gasteiger partial charge in [0.15, 0.2) is 0 Å². The van der Waals surface area contributed by atoms with E-state index in [9.17, 15) is 0 Å². The number of aromatic nitrogens is 1. The number of hydrogen-bond acceptors (Lipinski definition) is 4. The predicted molar refractivity (Wildman–Crippen MR) is 92.7 cm³/mol. The highest BCUT2D eigenvalue weighted by molar-refractivity contribution is 7.10. The molecule has 22 heavy (non-hydrogen) atoms. The maximum atomic E-state index is 6.38. The summed E-state index contributed by atoms with van der Waals surface area (Å²) in [4.78, 5) is 5.61. The lowest BCUT2D eigenvalue weighted by molar-refractivity contribution is 0.152. The Labute approximate surface area is 137 Å². The molecule has 3 rings (SSSR count). The summed E-state index contributed by atoms with van der Waals surface area (Å²) in [6.07, 6.45) is 2.60. The number of hydrogen-bond donors (Lipinski definition) is 1. The summed E-state index contributed by atoms with van der Waals surface area (Å²) in [7, 11) is 5.82. The molecule has 2 heterocycles. The zero-order valence-electron chi connectivity index (χ0n) is 12.4. The third-order valence-corrected chi connectivity index (χ3v) is 5.34. The molecule has 1 unspecified atom stereocenters. The minimum Gasteiger partial charge on any atom is -0.484 e. The van der Waals surface area contributed by atoms with Gasteiger partial charge in [-0.1, -0.05) is 24.3 Å². The van der Waals surface area contributed by atoms with Gasteiger partial charge in [0.05, 0.1) is 10.2 Å². The van der Waals surface area contributed by atoms with Crippen molar-refractivity contribution in [1.29, 1.82) is 0 Å². The topological polar surface area (TPSA) is 34.1 Å². The lowest BCUT2D eigenvalue weighted by atomic mass is 10.1. The van der Waals surface area contributed by atoms with Gasteiger partial charge in [0.25, 0.3) is 0 Å². The Kier molecular flexibility index (Phi) is 4.56. The SMILES string of the molecule is CNCCC([Si])(Oc1cccc2cccnc12)c1cccs1. The van der Waals surface area contributed by atoms with E-state index in [2.05, 4.69) is 32.0 Å². The molecule has 0 bridgehead atoms. The van der Waals surface area contributed by atoms with Gasteiger partial charge in [-0.2, -0.15) is 0 Å². The second kappa shape index (κ2) is 6.60. The fourth-order valence-corrected chi connectivity index (χ4v) is 3.67. The summed E-state index contributed by atoms with van der Waals surface area (Å²) in [6.45, 7) is 0.847. The maximum absolute atomic E-state index is 6.38.